The molecule has 1 amide bonds. The predicted molar refractivity (Wildman–Crippen MR) is 80.6 cm³/mol. The van der Waals surface area contributed by atoms with Crippen molar-refractivity contribution in [2.24, 2.45) is 5.92 Å². The van der Waals surface area contributed by atoms with E-state index in [1.807, 2.05) is 30.3 Å². The maximum absolute atomic E-state index is 10.8. The summed E-state index contributed by atoms with van der Waals surface area (Å²) in [6, 6.07) is 9.59. The number of hydrogen-bond donors (Lipinski definition) is 3. The van der Waals surface area contributed by atoms with Crippen molar-refractivity contribution in [2.45, 2.75) is 38.3 Å². The Kier molecular flexibility index (Phi) is 5.39. The molecule has 0 saturated carbocycles. The van der Waals surface area contributed by atoms with Crippen LogP contribution in [0.15, 0.2) is 30.3 Å². The summed E-state index contributed by atoms with van der Waals surface area (Å²) >= 11 is 0. The molecule has 1 aromatic carbocycles. The first-order valence-corrected chi connectivity index (χ1v) is 7.38. The van der Waals surface area contributed by atoms with Crippen molar-refractivity contribution in [1.82, 2.24) is 5.32 Å². The Hall–Kier alpha value is -1.63. The minimum absolute atomic E-state index is 0.118. The normalized spacial score (nSPS) is 23.0. The maximum atomic E-state index is 10.8. The molecule has 1 heterocycles. The van der Waals surface area contributed by atoms with E-state index in [0.717, 1.165) is 5.56 Å². The lowest BCUT2D eigenvalue weighted by atomic mass is 9.91. The minimum Gasteiger partial charge on any atom is -0.465 e. The van der Waals surface area contributed by atoms with Crippen LogP contribution in [0.5, 0.6) is 0 Å². The van der Waals surface area contributed by atoms with E-state index < -0.39 is 18.0 Å². The molecule has 3 atom stereocenters. The number of rotatable bonds is 6. The molecule has 122 valence electrons. The van der Waals surface area contributed by atoms with E-state index in [1.165, 1.54) is 0 Å². The topological polar surface area (TPSA) is 88.0 Å². The number of ether oxygens (including phenoxy) is 2. The molecular weight excluding hydrogens is 286 g/mol. The number of hydrogen-bond acceptors (Lipinski definition) is 4. The molecule has 0 radical (unpaired) electrons. The van der Waals surface area contributed by atoms with Gasteiger partial charge in [-0.05, 0) is 25.8 Å². The first kappa shape index (κ1) is 16.7. The Morgan fingerprint density at radius 1 is 1.41 bits per heavy atom. The van der Waals surface area contributed by atoms with Crippen molar-refractivity contribution in [3.05, 3.63) is 35.9 Å². The molecule has 1 aliphatic heterocycles. The van der Waals surface area contributed by atoms with Gasteiger partial charge in [-0.1, -0.05) is 30.3 Å². The number of benzene rings is 1. The summed E-state index contributed by atoms with van der Waals surface area (Å²) in [6.45, 7) is 4.06. The molecule has 22 heavy (non-hydrogen) atoms. The van der Waals surface area contributed by atoms with Gasteiger partial charge in [0.15, 0.2) is 5.79 Å². The SMILES string of the molecule is CC1(C)OC[C@H](C(CNC(=O)O)C(O)Cc2ccccc2)O1. The third kappa shape index (κ3) is 4.69. The molecule has 6 heteroatoms. The molecule has 2 unspecified atom stereocenters. The number of carboxylic acid groups (broad SMARTS) is 1. The van der Waals surface area contributed by atoms with Gasteiger partial charge in [-0.2, -0.15) is 0 Å². The molecule has 1 aliphatic rings. The Balaban J connectivity index is 2.04. The Morgan fingerprint density at radius 3 is 2.64 bits per heavy atom. The van der Waals surface area contributed by atoms with Crippen LogP contribution < -0.4 is 5.32 Å². The van der Waals surface area contributed by atoms with Gasteiger partial charge in [0, 0.05) is 12.5 Å². The summed E-state index contributed by atoms with van der Waals surface area (Å²) in [5, 5.41) is 21.7. The van der Waals surface area contributed by atoms with Crippen molar-refractivity contribution in [2.75, 3.05) is 13.2 Å². The number of aliphatic hydroxyl groups is 1. The Labute approximate surface area is 130 Å². The lowest BCUT2D eigenvalue weighted by molar-refractivity contribution is -0.149. The molecule has 3 N–H and O–H groups in total. The standard InChI is InChI=1S/C16H23NO5/c1-16(2)21-10-14(22-16)12(9-17-15(19)20)13(18)8-11-6-4-3-5-7-11/h3-7,12-14,17-18H,8-10H2,1-2H3,(H,19,20)/t12?,13?,14-/m1/s1. The first-order chi connectivity index (χ1) is 10.4. The average Bonchev–Trinajstić information content (AvgIpc) is 2.80. The van der Waals surface area contributed by atoms with Gasteiger partial charge in [0.05, 0.1) is 18.8 Å². The number of amides is 1. The molecule has 6 nitrogen and oxygen atoms in total. The van der Waals surface area contributed by atoms with Gasteiger partial charge >= 0.3 is 6.09 Å². The highest BCUT2D eigenvalue weighted by Gasteiger charge is 2.40. The van der Waals surface area contributed by atoms with Crippen LogP contribution in [0.2, 0.25) is 0 Å². The van der Waals surface area contributed by atoms with Crippen LogP contribution in [0.3, 0.4) is 0 Å². The summed E-state index contributed by atoms with van der Waals surface area (Å²) in [5.41, 5.74) is 0.994. The van der Waals surface area contributed by atoms with Gasteiger partial charge < -0.3 is 25.0 Å². The number of carbonyl (C=O) groups is 1. The lowest BCUT2D eigenvalue weighted by Gasteiger charge is -2.28. The monoisotopic (exact) mass is 309 g/mol. The summed E-state index contributed by atoms with van der Waals surface area (Å²) < 4.78 is 11.3. The smallest absolute Gasteiger partial charge is 0.404 e. The highest BCUT2D eigenvalue weighted by atomic mass is 16.7. The Morgan fingerprint density at radius 2 is 2.09 bits per heavy atom. The fourth-order valence-electron chi connectivity index (χ4n) is 2.65. The van der Waals surface area contributed by atoms with E-state index in [2.05, 4.69) is 5.32 Å². The third-order valence-electron chi connectivity index (χ3n) is 3.78. The van der Waals surface area contributed by atoms with Crippen LogP contribution in [0.25, 0.3) is 0 Å². The summed E-state index contributed by atoms with van der Waals surface area (Å²) in [5.74, 6) is -1.09. The highest BCUT2D eigenvalue weighted by Crippen LogP contribution is 2.29. The number of nitrogens with one attached hydrogen (secondary N) is 1. The molecule has 1 saturated heterocycles. The minimum atomic E-state index is -1.12. The van der Waals surface area contributed by atoms with Gasteiger partial charge in [-0.15, -0.1) is 0 Å². The second-order valence-electron chi connectivity index (χ2n) is 5.97. The van der Waals surface area contributed by atoms with Crippen molar-refractivity contribution in [3.8, 4) is 0 Å². The Bertz CT molecular complexity index is 491. The zero-order valence-electron chi connectivity index (χ0n) is 12.9. The fourth-order valence-corrected chi connectivity index (χ4v) is 2.65. The van der Waals surface area contributed by atoms with Crippen LogP contribution in [0.1, 0.15) is 19.4 Å². The van der Waals surface area contributed by atoms with E-state index in [9.17, 15) is 9.90 Å². The lowest BCUT2D eigenvalue weighted by Crippen LogP contribution is -2.43. The van der Waals surface area contributed by atoms with Crippen LogP contribution in [0, 0.1) is 5.92 Å². The molecule has 0 aliphatic carbocycles. The average molecular weight is 309 g/mol. The van der Waals surface area contributed by atoms with Crippen LogP contribution in [-0.2, 0) is 15.9 Å². The molecule has 1 fully saturated rings. The van der Waals surface area contributed by atoms with Gasteiger partial charge in [0.1, 0.15) is 0 Å². The van der Waals surface area contributed by atoms with Crippen LogP contribution in [-0.4, -0.2) is 47.5 Å². The van der Waals surface area contributed by atoms with Crippen LogP contribution >= 0.6 is 0 Å². The molecule has 0 aromatic heterocycles. The van der Waals surface area contributed by atoms with Gasteiger partial charge in [0.2, 0.25) is 0 Å². The molecular formula is C16H23NO5. The van der Waals surface area contributed by atoms with Crippen molar-refractivity contribution < 1.29 is 24.5 Å². The van der Waals surface area contributed by atoms with E-state index in [1.54, 1.807) is 13.8 Å². The second-order valence-corrected chi connectivity index (χ2v) is 5.97. The van der Waals surface area contributed by atoms with E-state index in [4.69, 9.17) is 14.6 Å². The predicted octanol–water partition coefficient (Wildman–Crippen LogP) is 1.63. The molecule has 0 spiro atoms. The van der Waals surface area contributed by atoms with E-state index in [-0.39, 0.29) is 18.6 Å². The first-order valence-electron chi connectivity index (χ1n) is 7.38. The zero-order chi connectivity index (χ0) is 16.2. The highest BCUT2D eigenvalue weighted by molar-refractivity contribution is 5.64. The van der Waals surface area contributed by atoms with E-state index >= 15 is 0 Å². The van der Waals surface area contributed by atoms with Crippen molar-refractivity contribution in [1.29, 1.82) is 0 Å². The van der Waals surface area contributed by atoms with Gasteiger partial charge in [-0.3, -0.25) is 0 Å². The molecule has 2 rings (SSSR count). The molecule has 0 bridgehead atoms. The summed E-state index contributed by atoms with van der Waals surface area (Å²) in [6.07, 6.45) is -1.75. The molecule has 1 aromatic rings. The van der Waals surface area contributed by atoms with E-state index in [0.29, 0.717) is 13.0 Å². The van der Waals surface area contributed by atoms with Gasteiger partial charge in [0.25, 0.3) is 0 Å². The largest absolute Gasteiger partial charge is 0.465 e. The zero-order valence-corrected chi connectivity index (χ0v) is 12.9. The number of aliphatic hydroxyl groups excluding tert-OH is 1. The maximum Gasteiger partial charge on any atom is 0.404 e. The van der Waals surface area contributed by atoms with Crippen LogP contribution in [0.4, 0.5) is 4.79 Å². The fraction of sp³-hybridized carbons (Fsp3) is 0.562. The quantitative estimate of drug-likeness (QED) is 0.743. The van der Waals surface area contributed by atoms with Crippen molar-refractivity contribution in [3.63, 3.8) is 0 Å². The van der Waals surface area contributed by atoms with Gasteiger partial charge in [-0.25, -0.2) is 4.79 Å². The van der Waals surface area contributed by atoms with Crippen molar-refractivity contribution >= 4 is 6.09 Å². The third-order valence-corrected chi connectivity index (χ3v) is 3.78. The summed E-state index contributed by atoms with van der Waals surface area (Å²) in [7, 11) is 0. The summed E-state index contributed by atoms with van der Waals surface area (Å²) in [4.78, 5) is 10.8. The second kappa shape index (κ2) is 7.09.